The van der Waals surface area contributed by atoms with E-state index in [1.165, 1.54) is 7.05 Å². The lowest BCUT2D eigenvalue weighted by Gasteiger charge is -2.46. The van der Waals surface area contributed by atoms with Gasteiger partial charge in [-0.1, -0.05) is 0 Å². The number of carbonyl (C=O) groups is 3. The van der Waals surface area contributed by atoms with Crippen molar-refractivity contribution < 1.29 is 19.1 Å². The fraction of sp³-hybridized carbons (Fsp3) is 0.552. The molecule has 3 aromatic rings. The molecule has 0 spiro atoms. The summed E-state index contributed by atoms with van der Waals surface area (Å²) in [6, 6.07) is 5.52. The van der Waals surface area contributed by atoms with Crippen molar-refractivity contribution in [2.75, 3.05) is 48.8 Å². The standard InChI is InChI=1S/C29H38N10O4/c1-29(2,3)43-28(42)38-14-19(15-38)17-9-11-37(12-10-17)20-7-8-23-33-27(36-39(23)16-20)31-21-13-22(32-25(40)18-5-6-18)34-35-24(21)26(41)30-4/h7-8,13,16-19H,5-6,9-12,14-15H2,1-4H3,(H,30,41)(H2,31,32,34,36,40). The quantitative estimate of drug-likeness (QED) is 0.373. The van der Waals surface area contributed by atoms with Gasteiger partial charge in [0.1, 0.15) is 5.60 Å². The van der Waals surface area contributed by atoms with Gasteiger partial charge in [0, 0.05) is 45.2 Å². The van der Waals surface area contributed by atoms with Crippen molar-refractivity contribution in [2.24, 2.45) is 17.8 Å². The molecule has 3 amide bonds. The zero-order valence-corrected chi connectivity index (χ0v) is 25.0. The molecule has 2 saturated heterocycles. The highest BCUT2D eigenvalue weighted by atomic mass is 16.6. The Morgan fingerprint density at radius 2 is 1.74 bits per heavy atom. The Labute approximate surface area is 249 Å². The van der Waals surface area contributed by atoms with Gasteiger partial charge in [0.15, 0.2) is 17.2 Å². The number of carbonyl (C=O) groups excluding carboxylic acids is 3. The van der Waals surface area contributed by atoms with Crippen LogP contribution in [0.4, 0.5) is 27.9 Å². The first-order valence-electron chi connectivity index (χ1n) is 14.8. The van der Waals surface area contributed by atoms with Crippen LogP contribution in [0.3, 0.4) is 0 Å². The molecule has 5 heterocycles. The lowest BCUT2D eigenvalue weighted by molar-refractivity contribution is -0.117. The largest absolute Gasteiger partial charge is 0.444 e. The molecule has 43 heavy (non-hydrogen) atoms. The van der Waals surface area contributed by atoms with Crippen LogP contribution in [0.5, 0.6) is 0 Å². The summed E-state index contributed by atoms with van der Waals surface area (Å²) < 4.78 is 7.20. The second kappa shape index (κ2) is 11.3. The van der Waals surface area contributed by atoms with E-state index < -0.39 is 11.5 Å². The minimum atomic E-state index is -0.474. The van der Waals surface area contributed by atoms with E-state index in [0.29, 0.717) is 23.2 Å². The number of fused-ring (bicyclic) bond motifs is 1. The molecule has 0 aromatic carbocycles. The van der Waals surface area contributed by atoms with Crippen LogP contribution in [0.2, 0.25) is 0 Å². The molecule has 228 valence electrons. The first-order chi connectivity index (χ1) is 20.6. The minimum absolute atomic E-state index is 0.00430. The van der Waals surface area contributed by atoms with Gasteiger partial charge in [-0.25, -0.2) is 9.31 Å². The average Bonchev–Trinajstić information content (AvgIpc) is 3.71. The summed E-state index contributed by atoms with van der Waals surface area (Å²) in [4.78, 5) is 45.7. The summed E-state index contributed by atoms with van der Waals surface area (Å²) in [7, 11) is 1.51. The number of pyridine rings is 1. The topological polar surface area (TPSA) is 159 Å². The number of ether oxygens (including phenoxy) is 1. The number of aromatic nitrogens is 5. The number of hydrogen-bond donors (Lipinski definition) is 3. The normalized spacial score (nSPS) is 17.9. The van der Waals surface area contributed by atoms with E-state index in [9.17, 15) is 14.4 Å². The third-order valence-corrected chi connectivity index (χ3v) is 8.13. The second-order valence-corrected chi connectivity index (χ2v) is 12.6. The van der Waals surface area contributed by atoms with Gasteiger partial charge in [-0.2, -0.15) is 4.98 Å². The number of amides is 3. The van der Waals surface area contributed by atoms with Gasteiger partial charge < -0.3 is 30.5 Å². The van der Waals surface area contributed by atoms with Crippen molar-refractivity contribution in [3.8, 4) is 0 Å². The molecule has 14 nitrogen and oxygen atoms in total. The first-order valence-corrected chi connectivity index (χ1v) is 14.8. The number of anilines is 4. The number of rotatable bonds is 7. The van der Waals surface area contributed by atoms with Crippen molar-refractivity contribution >= 4 is 46.7 Å². The van der Waals surface area contributed by atoms with Crippen molar-refractivity contribution in [3.63, 3.8) is 0 Å². The molecular formula is C29H38N10O4. The third kappa shape index (κ3) is 6.47. The van der Waals surface area contributed by atoms with Crippen LogP contribution in [0, 0.1) is 17.8 Å². The molecule has 2 aliphatic heterocycles. The number of nitrogens with one attached hydrogen (secondary N) is 3. The van der Waals surface area contributed by atoms with Crippen molar-refractivity contribution in [1.29, 1.82) is 0 Å². The van der Waals surface area contributed by atoms with Crippen LogP contribution in [0.15, 0.2) is 24.4 Å². The highest BCUT2D eigenvalue weighted by Crippen LogP contribution is 2.34. The van der Waals surface area contributed by atoms with Crippen LogP contribution in [-0.2, 0) is 9.53 Å². The minimum Gasteiger partial charge on any atom is -0.444 e. The molecule has 3 aromatic heterocycles. The summed E-state index contributed by atoms with van der Waals surface area (Å²) in [5, 5.41) is 21.0. The third-order valence-electron chi connectivity index (χ3n) is 8.13. The lowest BCUT2D eigenvalue weighted by atomic mass is 9.80. The van der Waals surface area contributed by atoms with E-state index in [1.54, 1.807) is 15.5 Å². The smallest absolute Gasteiger partial charge is 0.410 e. The predicted molar refractivity (Wildman–Crippen MR) is 159 cm³/mol. The Hall–Kier alpha value is -4.49. The van der Waals surface area contributed by atoms with Crippen LogP contribution in [0.1, 0.15) is 56.9 Å². The molecule has 0 bridgehead atoms. The summed E-state index contributed by atoms with van der Waals surface area (Å²) in [5.41, 5.74) is 1.62. The van der Waals surface area contributed by atoms with Gasteiger partial charge in [0.05, 0.1) is 17.6 Å². The summed E-state index contributed by atoms with van der Waals surface area (Å²) >= 11 is 0. The molecule has 1 saturated carbocycles. The molecule has 3 fully saturated rings. The molecule has 0 unspecified atom stereocenters. The molecule has 14 heteroatoms. The van der Waals surface area contributed by atoms with Gasteiger partial charge in [0.2, 0.25) is 11.9 Å². The molecule has 1 aliphatic carbocycles. The highest BCUT2D eigenvalue weighted by Gasteiger charge is 2.39. The van der Waals surface area contributed by atoms with E-state index in [-0.39, 0.29) is 35.4 Å². The fourth-order valence-corrected chi connectivity index (χ4v) is 5.56. The first kappa shape index (κ1) is 28.6. The highest BCUT2D eigenvalue weighted by molar-refractivity contribution is 5.99. The van der Waals surface area contributed by atoms with E-state index in [0.717, 1.165) is 57.5 Å². The van der Waals surface area contributed by atoms with Gasteiger partial charge in [-0.15, -0.1) is 15.3 Å². The van der Waals surface area contributed by atoms with Gasteiger partial charge in [0.25, 0.3) is 5.91 Å². The Balaban J connectivity index is 1.09. The Bertz CT molecular complexity index is 1530. The molecule has 3 aliphatic rings. The fourth-order valence-electron chi connectivity index (χ4n) is 5.56. The van der Waals surface area contributed by atoms with Gasteiger partial charge in [-0.05, 0) is 70.4 Å². The van der Waals surface area contributed by atoms with Crippen molar-refractivity contribution in [3.05, 3.63) is 30.1 Å². The molecule has 6 rings (SSSR count). The monoisotopic (exact) mass is 590 g/mol. The Morgan fingerprint density at radius 3 is 2.42 bits per heavy atom. The molecule has 0 radical (unpaired) electrons. The lowest BCUT2D eigenvalue weighted by Crippen LogP contribution is -2.55. The maximum atomic E-state index is 12.4. The summed E-state index contributed by atoms with van der Waals surface area (Å²) in [5.74, 6) is 1.11. The van der Waals surface area contributed by atoms with Crippen LogP contribution in [-0.4, -0.2) is 86.4 Å². The van der Waals surface area contributed by atoms with Crippen molar-refractivity contribution in [1.82, 2.24) is 35.0 Å². The van der Waals surface area contributed by atoms with E-state index in [4.69, 9.17) is 4.74 Å². The SMILES string of the molecule is CNC(=O)c1nnc(NC(=O)C2CC2)cc1Nc1nc2ccc(N3CCC(C4CN(C(=O)OC(C)(C)C)C4)CC3)cn2n1. The van der Waals surface area contributed by atoms with E-state index in [2.05, 4.69) is 41.1 Å². The summed E-state index contributed by atoms with van der Waals surface area (Å²) in [6.07, 6.45) is 5.58. The zero-order chi connectivity index (χ0) is 30.3. The molecule has 3 N–H and O–H groups in total. The number of hydrogen-bond acceptors (Lipinski definition) is 10. The Kier molecular flexibility index (Phi) is 7.52. The maximum absolute atomic E-state index is 12.4. The van der Waals surface area contributed by atoms with Crippen LogP contribution < -0.4 is 20.9 Å². The van der Waals surface area contributed by atoms with Crippen LogP contribution in [0.25, 0.3) is 5.65 Å². The zero-order valence-electron chi connectivity index (χ0n) is 25.0. The number of piperidine rings is 1. The molecular weight excluding hydrogens is 552 g/mol. The van der Waals surface area contributed by atoms with Gasteiger partial charge >= 0.3 is 6.09 Å². The van der Waals surface area contributed by atoms with Gasteiger partial charge in [-0.3, -0.25) is 9.59 Å². The van der Waals surface area contributed by atoms with Crippen LogP contribution >= 0.6 is 0 Å². The molecule has 0 atom stereocenters. The predicted octanol–water partition coefficient (Wildman–Crippen LogP) is 3.05. The van der Waals surface area contributed by atoms with Crippen molar-refractivity contribution in [2.45, 2.75) is 52.1 Å². The van der Waals surface area contributed by atoms with E-state index in [1.807, 2.05) is 39.1 Å². The number of nitrogens with zero attached hydrogens (tertiary/aromatic N) is 7. The second-order valence-electron chi connectivity index (χ2n) is 12.6. The average molecular weight is 591 g/mol. The van der Waals surface area contributed by atoms with E-state index >= 15 is 0 Å². The number of likely N-dealkylation sites (tertiary alicyclic amines) is 1. The maximum Gasteiger partial charge on any atom is 0.410 e. The Morgan fingerprint density at radius 1 is 1.00 bits per heavy atom. The summed E-state index contributed by atoms with van der Waals surface area (Å²) in [6.45, 7) is 9.05.